The topological polar surface area (TPSA) is 24.7 Å². The molecule has 0 aliphatic rings. The zero-order valence-corrected chi connectivity index (χ0v) is 14.4. The third-order valence-corrected chi connectivity index (χ3v) is 2.00. The average Bonchev–Trinajstić information content (AvgIpc) is 2.51. The minimum Gasteiger partial charge on any atom is -0.198 e. The van der Waals surface area contributed by atoms with E-state index >= 15 is 0 Å². The molecule has 1 aromatic carbocycles. The fourth-order valence-electron chi connectivity index (χ4n) is 0.637. The quantitative estimate of drug-likeness (QED) is 0.333. The van der Waals surface area contributed by atoms with Crippen molar-refractivity contribution in [3.8, 4) is 11.8 Å². The molecule has 0 aromatic heterocycles. The van der Waals surface area contributed by atoms with Gasteiger partial charge in [-0.3, -0.25) is 0 Å². The lowest BCUT2D eigenvalue weighted by molar-refractivity contribution is 1.11. The molecule has 0 saturated heterocycles. The Balaban J connectivity index is -0.000000209. The van der Waals surface area contributed by atoms with E-state index in [4.69, 9.17) is 0 Å². The van der Waals surface area contributed by atoms with Crippen LogP contribution in [0.5, 0.6) is 0 Å². The SMILES string of the molecule is C/C=C/C.CC#CC.CN=NC.Cc1ccc(C)cc1. The minimum atomic E-state index is 1.33. The molecule has 0 unspecified atom stereocenters. The number of hydrogen-bond donors (Lipinski definition) is 0. The van der Waals surface area contributed by atoms with Gasteiger partial charge in [0.1, 0.15) is 0 Å². The summed E-state index contributed by atoms with van der Waals surface area (Å²) in [5.41, 5.74) is 2.66. The Bertz CT molecular complexity index is 345. The maximum atomic E-state index is 3.36. The number of aryl methyl sites for hydroxylation is 2. The monoisotopic (exact) mass is 274 g/mol. The first-order chi connectivity index (χ1) is 9.53. The normalized spacial score (nSPS) is 8.20. The van der Waals surface area contributed by atoms with E-state index in [2.05, 4.69) is 60.2 Å². The van der Waals surface area contributed by atoms with Gasteiger partial charge in [-0.25, -0.2) is 0 Å². The highest BCUT2D eigenvalue weighted by molar-refractivity contribution is 5.19. The largest absolute Gasteiger partial charge is 0.198 e. The summed E-state index contributed by atoms with van der Waals surface area (Å²) in [5, 5.41) is 6.72. The van der Waals surface area contributed by atoms with Crippen LogP contribution in [0.2, 0.25) is 0 Å². The van der Waals surface area contributed by atoms with Crippen molar-refractivity contribution in [3.63, 3.8) is 0 Å². The van der Waals surface area contributed by atoms with E-state index in [1.807, 2.05) is 39.8 Å². The maximum absolute atomic E-state index is 3.36. The van der Waals surface area contributed by atoms with Gasteiger partial charge in [0.25, 0.3) is 0 Å². The Morgan fingerprint density at radius 1 is 0.750 bits per heavy atom. The van der Waals surface area contributed by atoms with E-state index in [-0.39, 0.29) is 0 Å². The van der Waals surface area contributed by atoms with Crippen molar-refractivity contribution in [2.24, 2.45) is 10.2 Å². The molecule has 0 aliphatic heterocycles. The van der Waals surface area contributed by atoms with Crippen LogP contribution in [-0.2, 0) is 0 Å². The highest BCUT2D eigenvalue weighted by Gasteiger charge is 1.79. The number of benzene rings is 1. The molecule has 2 heteroatoms. The fraction of sp³-hybridized carbons (Fsp3) is 0.444. The number of hydrogen-bond acceptors (Lipinski definition) is 2. The second-order valence-electron chi connectivity index (χ2n) is 3.72. The second kappa shape index (κ2) is 22.3. The molecule has 0 N–H and O–H groups in total. The predicted molar refractivity (Wildman–Crippen MR) is 92.2 cm³/mol. The van der Waals surface area contributed by atoms with Crippen LogP contribution in [0.25, 0.3) is 0 Å². The molecule has 0 fully saturated rings. The van der Waals surface area contributed by atoms with E-state index < -0.39 is 0 Å². The van der Waals surface area contributed by atoms with Crippen molar-refractivity contribution >= 4 is 0 Å². The smallest absolute Gasteiger partial charge is 0.0487 e. The number of azo groups is 1. The van der Waals surface area contributed by atoms with E-state index in [0.717, 1.165) is 0 Å². The van der Waals surface area contributed by atoms with Crippen LogP contribution in [0.15, 0.2) is 46.6 Å². The van der Waals surface area contributed by atoms with E-state index in [1.165, 1.54) is 11.1 Å². The van der Waals surface area contributed by atoms with Crippen molar-refractivity contribution in [2.75, 3.05) is 14.1 Å². The van der Waals surface area contributed by atoms with Crippen LogP contribution < -0.4 is 0 Å². The molecule has 0 spiro atoms. The summed E-state index contributed by atoms with van der Waals surface area (Å²) < 4.78 is 0. The third kappa shape index (κ3) is 29.8. The van der Waals surface area contributed by atoms with Crippen LogP contribution in [0, 0.1) is 25.7 Å². The summed E-state index contributed by atoms with van der Waals surface area (Å²) in [6.45, 7) is 11.8. The molecule has 0 atom stereocenters. The molecule has 0 heterocycles. The first kappa shape index (κ1) is 23.2. The van der Waals surface area contributed by atoms with Crippen LogP contribution in [-0.4, -0.2) is 14.1 Å². The molecular formula is C18H30N2. The first-order valence-electron chi connectivity index (χ1n) is 6.65. The highest BCUT2D eigenvalue weighted by Crippen LogP contribution is 1.99. The van der Waals surface area contributed by atoms with Crippen molar-refractivity contribution in [1.82, 2.24) is 0 Å². The summed E-state index contributed by atoms with van der Waals surface area (Å²) in [5.74, 6) is 5.36. The van der Waals surface area contributed by atoms with Gasteiger partial charge >= 0.3 is 0 Å². The van der Waals surface area contributed by atoms with Gasteiger partial charge in [0.15, 0.2) is 0 Å². The average molecular weight is 274 g/mol. The van der Waals surface area contributed by atoms with Gasteiger partial charge in [0.2, 0.25) is 0 Å². The second-order valence-corrected chi connectivity index (χ2v) is 3.72. The molecule has 0 saturated carbocycles. The molecule has 1 aromatic rings. The van der Waals surface area contributed by atoms with Crippen molar-refractivity contribution in [1.29, 1.82) is 0 Å². The molecule has 0 bridgehead atoms. The van der Waals surface area contributed by atoms with Crippen LogP contribution in [0.4, 0.5) is 0 Å². The predicted octanol–water partition coefficient (Wildman–Crippen LogP) is 5.61. The van der Waals surface area contributed by atoms with Crippen LogP contribution in [0.3, 0.4) is 0 Å². The Labute approximate surface area is 126 Å². The summed E-state index contributed by atoms with van der Waals surface area (Å²) in [6.07, 6.45) is 4.00. The molecule has 2 nitrogen and oxygen atoms in total. The lowest BCUT2D eigenvalue weighted by Crippen LogP contribution is -1.70. The van der Waals surface area contributed by atoms with E-state index in [1.54, 1.807) is 14.1 Å². The highest BCUT2D eigenvalue weighted by atomic mass is 15.0. The maximum Gasteiger partial charge on any atom is 0.0487 e. The first-order valence-corrected chi connectivity index (χ1v) is 6.65. The van der Waals surface area contributed by atoms with E-state index in [0.29, 0.717) is 0 Å². The van der Waals surface area contributed by atoms with Gasteiger partial charge in [0, 0.05) is 14.1 Å². The minimum absolute atomic E-state index is 1.33. The van der Waals surface area contributed by atoms with E-state index in [9.17, 15) is 0 Å². The van der Waals surface area contributed by atoms with Gasteiger partial charge in [-0.15, -0.1) is 11.8 Å². The molecule has 20 heavy (non-hydrogen) atoms. The molecule has 0 aliphatic carbocycles. The summed E-state index contributed by atoms with van der Waals surface area (Å²) in [6, 6.07) is 8.48. The fourth-order valence-corrected chi connectivity index (χ4v) is 0.637. The zero-order chi connectivity index (χ0) is 16.2. The Hall–Kier alpha value is -1.88. The van der Waals surface area contributed by atoms with Crippen molar-refractivity contribution < 1.29 is 0 Å². The van der Waals surface area contributed by atoms with Crippen molar-refractivity contribution in [3.05, 3.63) is 47.5 Å². The summed E-state index contributed by atoms with van der Waals surface area (Å²) in [7, 11) is 3.28. The zero-order valence-electron chi connectivity index (χ0n) is 14.4. The molecular weight excluding hydrogens is 244 g/mol. The lowest BCUT2D eigenvalue weighted by atomic mass is 10.2. The van der Waals surface area contributed by atoms with Crippen LogP contribution in [0.1, 0.15) is 38.8 Å². The van der Waals surface area contributed by atoms with Gasteiger partial charge < -0.3 is 0 Å². The van der Waals surface area contributed by atoms with Gasteiger partial charge in [-0.05, 0) is 41.5 Å². The molecule has 0 radical (unpaired) electrons. The lowest BCUT2D eigenvalue weighted by Gasteiger charge is -1.90. The van der Waals surface area contributed by atoms with Gasteiger partial charge in [-0.2, -0.15) is 10.2 Å². The third-order valence-electron chi connectivity index (χ3n) is 2.00. The van der Waals surface area contributed by atoms with Crippen LogP contribution >= 0.6 is 0 Å². The standard InChI is InChI=1S/C8H10.C4H8.C4H6.C2H6N2/c1-7-3-5-8(2)6-4-7;3*1-3-4-2/h3-6H,1-2H3;3-4H,1-2H3;2*1-2H3/b;4-3+;;. The molecule has 0 amide bonds. The Morgan fingerprint density at radius 3 is 1.10 bits per heavy atom. The summed E-state index contributed by atoms with van der Waals surface area (Å²) >= 11 is 0. The molecule has 1 rings (SSSR count). The summed E-state index contributed by atoms with van der Waals surface area (Å²) in [4.78, 5) is 0. The number of allylic oxidation sites excluding steroid dienone is 2. The van der Waals surface area contributed by atoms with Gasteiger partial charge in [-0.1, -0.05) is 47.5 Å². The van der Waals surface area contributed by atoms with Gasteiger partial charge in [0.05, 0.1) is 0 Å². The number of nitrogens with zero attached hydrogens (tertiary/aromatic N) is 2. The Morgan fingerprint density at radius 2 is 1.00 bits per heavy atom. The van der Waals surface area contributed by atoms with Crippen molar-refractivity contribution in [2.45, 2.75) is 41.5 Å². The molecule has 112 valence electrons. The Kier molecular flexibility index (Phi) is 25.9. The number of rotatable bonds is 0.